The van der Waals surface area contributed by atoms with Gasteiger partial charge in [-0.2, -0.15) is 0 Å². The normalized spacial score (nSPS) is 28.8. The molecule has 25 heavy (non-hydrogen) atoms. The molecule has 1 saturated heterocycles. The van der Waals surface area contributed by atoms with Gasteiger partial charge in [0.05, 0.1) is 24.5 Å². The standard InChI is InChI=1S/C19H21N3O3/c20-17(23)16-9-12-5-1-2-6-13(12)10-21(16)11-22-18(24)14-7-3-4-8-15(14)19(22)25/h1-6,14-16H,7-11H2,(H2,20,23)/t14-,15+,16-/m0/s1. The van der Waals surface area contributed by atoms with E-state index in [0.717, 1.165) is 11.1 Å². The van der Waals surface area contributed by atoms with Gasteiger partial charge in [-0.1, -0.05) is 36.4 Å². The Hall–Kier alpha value is -2.47. The van der Waals surface area contributed by atoms with Crippen LogP contribution < -0.4 is 5.73 Å². The molecule has 0 spiro atoms. The average Bonchev–Trinajstić information content (AvgIpc) is 2.86. The third kappa shape index (κ3) is 2.66. The molecule has 2 aliphatic heterocycles. The number of primary amides is 1. The Balaban J connectivity index is 1.58. The lowest BCUT2D eigenvalue weighted by Crippen LogP contribution is -2.53. The number of nitrogens with zero attached hydrogens (tertiary/aromatic N) is 2. The van der Waals surface area contributed by atoms with E-state index in [1.165, 1.54) is 4.90 Å². The van der Waals surface area contributed by atoms with Gasteiger partial charge in [0.1, 0.15) is 0 Å². The van der Waals surface area contributed by atoms with Crippen molar-refractivity contribution < 1.29 is 14.4 Å². The second-order valence-corrected chi connectivity index (χ2v) is 7.04. The van der Waals surface area contributed by atoms with Gasteiger partial charge in [0.25, 0.3) is 0 Å². The molecule has 2 heterocycles. The first-order valence-corrected chi connectivity index (χ1v) is 8.66. The summed E-state index contributed by atoms with van der Waals surface area (Å²) >= 11 is 0. The molecule has 130 valence electrons. The van der Waals surface area contributed by atoms with Gasteiger partial charge in [-0.25, -0.2) is 0 Å². The maximum atomic E-state index is 12.7. The lowest BCUT2D eigenvalue weighted by Gasteiger charge is -2.36. The summed E-state index contributed by atoms with van der Waals surface area (Å²) in [6.07, 6.45) is 5.69. The number of hydrogen-bond acceptors (Lipinski definition) is 4. The summed E-state index contributed by atoms with van der Waals surface area (Å²) in [6, 6.07) is 7.40. The number of hydrogen-bond donors (Lipinski definition) is 1. The first-order chi connectivity index (χ1) is 12.1. The van der Waals surface area contributed by atoms with Crippen LogP contribution in [0.3, 0.4) is 0 Å². The summed E-state index contributed by atoms with van der Waals surface area (Å²) in [5.74, 6) is -1.17. The summed E-state index contributed by atoms with van der Waals surface area (Å²) < 4.78 is 0. The van der Waals surface area contributed by atoms with E-state index in [4.69, 9.17) is 5.73 Å². The molecule has 1 fully saturated rings. The van der Waals surface area contributed by atoms with Gasteiger partial charge < -0.3 is 5.73 Å². The summed E-state index contributed by atoms with van der Waals surface area (Å²) in [4.78, 5) is 40.5. The van der Waals surface area contributed by atoms with Gasteiger partial charge in [-0.05, 0) is 30.4 Å². The molecule has 1 aliphatic carbocycles. The van der Waals surface area contributed by atoms with Crippen LogP contribution in [0.5, 0.6) is 0 Å². The van der Waals surface area contributed by atoms with E-state index in [1.54, 1.807) is 0 Å². The van der Waals surface area contributed by atoms with E-state index >= 15 is 0 Å². The number of likely N-dealkylation sites (tertiary alicyclic amines) is 1. The quantitative estimate of drug-likeness (QED) is 0.652. The first-order valence-electron chi connectivity index (χ1n) is 8.66. The van der Waals surface area contributed by atoms with Crippen LogP contribution in [0, 0.1) is 11.8 Å². The van der Waals surface area contributed by atoms with Crippen molar-refractivity contribution in [2.45, 2.75) is 31.8 Å². The number of amides is 3. The van der Waals surface area contributed by atoms with Crippen molar-refractivity contribution in [2.75, 3.05) is 6.67 Å². The Bertz CT molecular complexity index is 747. The molecular weight excluding hydrogens is 318 g/mol. The largest absolute Gasteiger partial charge is 0.368 e. The van der Waals surface area contributed by atoms with Crippen molar-refractivity contribution in [2.24, 2.45) is 17.6 Å². The molecule has 0 aromatic heterocycles. The van der Waals surface area contributed by atoms with Gasteiger partial charge >= 0.3 is 0 Å². The zero-order valence-corrected chi connectivity index (χ0v) is 13.9. The van der Waals surface area contributed by atoms with Gasteiger partial charge in [0, 0.05) is 6.54 Å². The van der Waals surface area contributed by atoms with Gasteiger partial charge in [0.2, 0.25) is 17.7 Å². The topological polar surface area (TPSA) is 83.7 Å². The van der Waals surface area contributed by atoms with Crippen LogP contribution in [0.4, 0.5) is 0 Å². The van der Waals surface area contributed by atoms with Crippen molar-refractivity contribution in [3.63, 3.8) is 0 Å². The highest BCUT2D eigenvalue weighted by Gasteiger charge is 2.48. The highest BCUT2D eigenvalue weighted by atomic mass is 16.2. The zero-order chi connectivity index (χ0) is 17.6. The fourth-order valence-corrected chi connectivity index (χ4v) is 4.20. The number of carbonyl (C=O) groups excluding carboxylic acids is 3. The molecule has 6 heteroatoms. The van der Waals surface area contributed by atoms with E-state index in [-0.39, 0.29) is 30.3 Å². The van der Waals surface area contributed by atoms with Gasteiger partial charge in [-0.3, -0.25) is 24.2 Å². The lowest BCUT2D eigenvalue weighted by atomic mass is 9.85. The molecule has 4 rings (SSSR count). The van der Waals surface area contributed by atoms with Crippen LogP contribution in [0.25, 0.3) is 0 Å². The minimum atomic E-state index is -0.503. The number of imide groups is 1. The number of allylic oxidation sites excluding steroid dienone is 2. The van der Waals surface area contributed by atoms with Crippen LogP contribution in [0.2, 0.25) is 0 Å². The fourth-order valence-electron chi connectivity index (χ4n) is 4.20. The van der Waals surface area contributed by atoms with E-state index in [2.05, 4.69) is 0 Å². The van der Waals surface area contributed by atoms with Crippen molar-refractivity contribution in [1.82, 2.24) is 9.80 Å². The molecule has 3 aliphatic rings. The minimum Gasteiger partial charge on any atom is -0.368 e. The SMILES string of the molecule is NC(=O)[C@@H]1Cc2ccccc2CN1CN1C(=O)[C@H]2CC=CC[C@H]2C1=O. The predicted octanol–water partition coefficient (Wildman–Crippen LogP) is 0.807. The van der Waals surface area contributed by atoms with Crippen LogP contribution in [0.1, 0.15) is 24.0 Å². The molecule has 0 unspecified atom stereocenters. The van der Waals surface area contributed by atoms with Gasteiger partial charge in [0.15, 0.2) is 0 Å². The second kappa shape index (κ2) is 6.11. The lowest BCUT2D eigenvalue weighted by molar-refractivity contribution is -0.145. The molecule has 1 aromatic rings. The summed E-state index contributed by atoms with van der Waals surface area (Å²) in [6.45, 7) is 0.640. The van der Waals surface area contributed by atoms with Gasteiger partial charge in [-0.15, -0.1) is 0 Å². The number of nitrogens with two attached hydrogens (primary N) is 1. The molecule has 0 radical (unpaired) electrons. The van der Waals surface area contributed by atoms with Crippen LogP contribution in [-0.2, 0) is 27.3 Å². The fraction of sp³-hybridized carbons (Fsp3) is 0.421. The van der Waals surface area contributed by atoms with E-state index in [0.29, 0.717) is 25.8 Å². The van der Waals surface area contributed by atoms with Crippen LogP contribution in [-0.4, -0.2) is 40.2 Å². The van der Waals surface area contributed by atoms with E-state index in [9.17, 15) is 14.4 Å². The number of carbonyl (C=O) groups is 3. The highest BCUT2D eigenvalue weighted by molar-refractivity contribution is 6.05. The Labute approximate surface area is 146 Å². The highest BCUT2D eigenvalue weighted by Crippen LogP contribution is 2.35. The second-order valence-electron chi connectivity index (χ2n) is 7.04. The van der Waals surface area contributed by atoms with Crippen molar-refractivity contribution in [3.8, 4) is 0 Å². The van der Waals surface area contributed by atoms with Crippen molar-refractivity contribution in [3.05, 3.63) is 47.5 Å². The molecule has 0 saturated carbocycles. The number of fused-ring (bicyclic) bond motifs is 2. The molecule has 6 nitrogen and oxygen atoms in total. The smallest absolute Gasteiger partial charge is 0.235 e. The van der Waals surface area contributed by atoms with E-state index in [1.807, 2.05) is 41.3 Å². The third-order valence-electron chi connectivity index (χ3n) is 5.60. The molecular formula is C19H21N3O3. The van der Waals surface area contributed by atoms with Crippen LogP contribution in [0.15, 0.2) is 36.4 Å². The Morgan fingerprint density at radius 3 is 2.24 bits per heavy atom. The Kier molecular flexibility index (Phi) is 3.92. The molecule has 0 bridgehead atoms. The molecule has 1 aromatic carbocycles. The Morgan fingerprint density at radius 2 is 1.64 bits per heavy atom. The van der Waals surface area contributed by atoms with Crippen LogP contribution >= 0.6 is 0 Å². The molecule has 2 N–H and O–H groups in total. The van der Waals surface area contributed by atoms with Crippen molar-refractivity contribution in [1.29, 1.82) is 0 Å². The number of benzene rings is 1. The zero-order valence-electron chi connectivity index (χ0n) is 13.9. The average molecular weight is 339 g/mol. The minimum absolute atomic E-state index is 0.124. The predicted molar refractivity (Wildman–Crippen MR) is 90.7 cm³/mol. The Morgan fingerprint density at radius 1 is 1.04 bits per heavy atom. The summed E-state index contributed by atoms with van der Waals surface area (Å²) in [5.41, 5.74) is 7.80. The first kappa shape index (κ1) is 16.0. The third-order valence-corrected chi connectivity index (χ3v) is 5.60. The maximum Gasteiger partial charge on any atom is 0.235 e. The summed E-state index contributed by atoms with van der Waals surface area (Å²) in [5, 5.41) is 0. The van der Waals surface area contributed by atoms with E-state index < -0.39 is 11.9 Å². The summed E-state index contributed by atoms with van der Waals surface area (Å²) in [7, 11) is 0. The van der Waals surface area contributed by atoms with Crippen molar-refractivity contribution >= 4 is 17.7 Å². The number of rotatable bonds is 3. The maximum absolute atomic E-state index is 12.7. The molecule has 3 amide bonds. The monoisotopic (exact) mass is 339 g/mol. The molecule has 3 atom stereocenters.